The van der Waals surface area contributed by atoms with Crippen LogP contribution in [0.25, 0.3) is 0 Å². The summed E-state index contributed by atoms with van der Waals surface area (Å²) in [5.74, 6) is 0.743. The molecule has 1 aliphatic rings. The number of rotatable bonds is 4. The number of Topliss-reactive ketones (excluding diaryl/α,β-unsaturated/α-hetero) is 1. The minimum absolute atomic E-state index is 0.258. The molecule has 1 atom stereocenters. The summed E-state index contributed by atoms with van der Waals surface area (Å²) in [4.78, 5) is 12.1. The van der Waals surface area contributed by atoms with E-state index in [1.54, 1.807) is 4.68 Å². The molecule has 1 aromatic heterocycles. The molecular weight excluding hydrogens is 250 g/mol. The van der Waals surface area contributed by atoms with Crippen LogP contribution in [0.4, 0.5) is 0 Å². The molecule has 0 aliphatic carbocycles. The van der Waals surface area contributed by atoms with E-state index in [1.165, 1.54) is 6.42 Å². The molecule has 1 aliphatic heterocycles. The minimum Gasteiger partial charge on any atom is -0.316 e. The first-order valence-corrected chi connectivity index (χ1v) is 6.86. The van der Waals surface area contributed by atoms with E-state index in [4.69, 9.17) is 11.6 Å². The number of aromatic nitrogens is 2. The number of nitrogens with one attached hydrogen (secondary N) is 1. The van der Waals surface area contributed by atoms with Gasteiger partial charge in [-0.15, -0.1) is 0 Å². The molecule has 18 heavy (non-hydrogen) atoms. The van der Waals surface area contributed by atoms with Crippen molar-refractivity contribution in [2.45, 2.75) is 32.6 Å². The number of carbonyl (C=O) groups is 1. The summed E-state index contributed by atoms with van der Waals surface area (Å²) < 4.78 is 1.72. The molecule has 0 bridgehead atoms. The van der Waals surface area contributed by atoms with Crippen LogP contribution in [0, 0.1) is 12.8 Å². The zero-order chi connectivity index (χ0) is 13.1. The number of piperidine rings is 1. The van der Waals surface area contributed by atoms with Crippen LogP contribution in [0.5, 0.6) is 0 Å². The molecule has 0 radical (unpaired) electrons. The third-order valence-electron chi connectivity index (χ3n) is 3.54. The Balaban J connectivity index is 1.94. The van der Waals surface area contributed by atoms with E-state index < -0.39 is 0 Å². The fourth-order valence-electron chi connectivity index (χ4n) is 2.55. The Kier molecular flexibility index (Phi) is 4.40. The Morgan fingerprint density at radius 1 is 1.61 bits per heavy atom. The quantitative estimate of drug-likeness (QED) is 0.908. The van der Waals surface area contributed by atoms with Gasteiger partial charge in [0, 0.05) is 19.9 Å². The Labute approximate surface area is 113 Å². The lowest BCUT2D eigenvalue weighted by Crippen LogP contribution is -2.31. The molecule has 1 saturated heterocycles. The Morgan fingerprint density at radius 3 is 2.94 bits per heavy atom. The van der Waals surface area contributed by atoms with Crippen LogP contribution in [0.2, 0.25) is 5.02 Å². The molecule has 0 spiro atoms. The number of hydrogen-bond donors (Lipinski definition) is 1. The standard InChI is InChI=1S/C13H20ClN3O/c1-9-13(14)12(17(2)16-9)7-11(18)6-10-4-3-5-15-8-10/h10,15H,3-8H2,1-2H3. The molecule has 1 N–H and O–H groups in total. The summed E-state index contributed by atoms with van der Waals surface area (Å²) in [6.07, 6.45) is 3.36. The third kappa shape index (κ3) is 3.12. The molecule has 1 fully saturated rings. The van der Waals surface area contributed by atoms with Crippen molar-refractivity contribution in [3.63, 3.8) is 0 Å². The average Bonchev–Trinajstić information content (AvgIpc) is 2.57. The van der Waals surface area contributed by atoms with Gasteiger partial charge in [0.25, 0.3) is 0 Å². The van der Waals surface area contributed by atoms with Crippen molar-refractivity contribution in [1.29, 1.82) is 0 Å². The molecule has 0 saturated carbocycles. The number of carbonyl (C=O) groups excluding carboxylic acids is 1. The van der Waals surface area contributed by atoms with Crippen LogP contribution in [0.1, 0.15) is 30.7 Å². The minimum atomic E-state index is 0.258. The molecular formula is C13H20ClN3O. The second-order valence-electron chi connectivity index (χ2n) is 5.10. The maximum absolute atomic E-state index is 12.1. The van der Waals surface area contributed by atoms with Gasteiger partial charge >= 0.3 is 0 Å². The predicted molar refractivity (Wildman–Crippen MR) is 71.9 cm³/mol. The Hall–Kier alpha value is -0.870. The summed E-state index contributed by atoms with van der Waals surface area (Å²) in [5.41, 5.74) is 1.63. The molecule has 2 heterocycles. The van der Waals surface area contributed by atoms with Crippen LogP contribution >= 0.6 is 11.6 Å². The highest BCUT2D eigenvalue weighted by Crippen LogP contribution is 2.22. The van der Waals surface area contributed by atoms with Gasteiger partial charge in [-0.1, -0.05) is 11.6 Å². The van der Waals surface area contributed by atoms with Crippen molar-refractivity contribution in [2.75, 3.05) is 13.1 Å². The highest BCUT2D eigenvalue weighted by atomic mass is 35.5. The average molecular weight is 270 g/mol. The molecule has 0 aromatic carbocycles. The molecule has 5 heteroatoms. The monoisotopic (exact) mass is 269 g/mol. The van der Waals surface area contributed by atoms with E-state index in [9.17, 15) is 4.79 Å². The van der Waals surface area contributed by atoms with Crippen LogP contribution in [-0.4, -0.2) is 28.7 Å². The van der Waals surface area contributed by atoms with Gasteiger partial charge in [-0.3, -0.25) is 9.48 Å². The van der Waals surface area contributed by atoms with Gasteiger partial charge in [0.05, 0.1) is 16.4 Å². The van der Waals surface area contributed by atoms with Gasteiger partial charge in [-0.25, -0.2) is 0 Å². The Bertz CT molecular complexity index is 436. The van der Waals surface area contributed by atoms with E-state index in [2.05, 4.69) is 10.4 Å². The van der Waals surface area contributed by atoms with Crippen LogP contribution in [0.3, 0.4) is 0 Å². The van der Waals surface area contributed by atoms with Gasteiger partial charge in [-0.2, -0.15) is 5.10 Å². The Morgan fingerprint density at radius 2 is 2.39 bits per heavy atom. The lowest BCUT2D eigenvalue weighted by Gasteiger charge is -2.21. The summed E-state index contributed by atoms with van der Waals surface area (Å²) >= 11 is 6.15. The number of hydrogen-bond acceptors (Lipinski definition) is 3. The van der Waals surface area contributed by atoms with E-state index in [-0.39, 0.29) is 5.78 Å². The van der Waals surface area contributed by atoms with E-state index in [0.29, 0.717) is 23.8 Å². The van der Waals surface area contributed by atoms with Crippen molar-refractivity contribution < 1.29 is 4.79 Å². The first kappa shape index (κ1) is 13.6. The molecule has 4 nitrogen and oxygen atoms in total. The fraction of sp³-hybridized carbons (Fsp3) is 0.692. The van der Waals surface area contributed by atoms with Crippen molar-refractivity contribution >= 4 is 17.4 Å². The predicted octanol–water partition coefficient (Wildman–Crippen LogP) is 1.88. The van der Waals surface area contributed by atoms with Gasteiger partial charge in [-0.05, 0) is 38.8 Å². The van der Waals surface area contributed by atoms with Crippen molar-refractivity contribution in [1.82, 2.24) is 15.1 Å². The highest BCUT2D eigenvalue weighted by Gasteiger charge is 2.19. The maximum Gasteiger partial charge on any atom is 0.139 e. The zero-order valence-electron chi connectivity index (χ0n) is 11.0. The first-order valence-electron chi connectivity index (χ1n) is 6.48. The highest BCUT2D eigenvalue weighted by molar-refractivity contribution is 6.32. The first-order chi connectivity index (χ1) is 8.58. The molecule has 2 rings (SSSR count). The van der Waals surface area contributed by atoms with Crippen molar-refractivity contribution in [2.24, 2.45) is 13.0 Å². The van der Waals surface area contributed by atoms with E-state index in [0.717, 1.165) is 30.9 Å². The second kappa shape index (κ2) is 5.85. The third-order valence-corrected chi connectivity index (χ3v) is 4.03. The van der Waals surface area contributed by atoms with Gasteiger partial charge in [0.2, 0.25) is 0 Å². The number of nitrogens with zero attached hydrogens (tertiary/aromatic N) is 2. The van der Waals surface area contributed by atoms with Crippen molar-refractivity contribution in [3.8, 4) is 0 Å². The molecule has 100 valence electrons. The largest absolute Gasteiger partial charge is 0.316 e. The number of ketones is 1. The number of aryl methyl sites for hydroxylation is 2. The molecule has 0 amide bonds. The molecule has 1 unspecified atom stereocenters. The van der Waals surface area contributed by atoms with Crippen LogP contribution in [-0.2, 0) is 18.3 Å². The lowest BCUT2D eigenvalue weighted by atomic mass is 9.93. The summed E-state index contributed by atoms with van der Waals surface area (Å²) in [5, 5.41) is 8.20. The van der Waals surface area contributed by atoms with Gasteiger partial charge in [0.1, 0.15) is 5.78 Å². The normalized spacial score (nSPS) is 20.1. The molecule has 1 aromatic rings. The summed E-state index contributed by atoms with van der Waals surface area (Å²) in [6.45, 7) is 3.91. The SMILES string of the molecule is Cc1nn(C)c(CC(=O)CC2CCCNC2)c1Cl. The summed E-state index contributed by atoms with van der Waals surface area (Å²) in [6, 6.07) is 0. The topological polar surface area (TPSA) is 46.9 Å². The van der Waals surface area contributed by atoms with E-state index in [1.807, 2.05) is 14.0 Å². The van der Waals surface area contributed by atoms with Gasteiger partial charge in [0.15, 0.2) is 0 Å². The summed E-state index contributed by atoms with van der Waals surface area (Å²) in [7, 11) is 1.84. The number of halogens is 1. The zero-order valence-corrected chi connectivity index (χ0v) is 11.8. The lowest BCUT2D eigenvalue weighted by molar-refractivity contribution is -0.119. The van der Waals surface area contributed by atoms with Crippen molar-refractivity contribution in [3.05, 3.63) is 16.4 Å². The van der Waals surface area contributed by atoms with Crippen LogP contribution in [0.15, 0.2) is 0 Å². The van der Waals surface area contributed by atoms with Crippen LogP contribution < -0.4 is 5.32 Å². The second-order valence-corrected chi connectivity index (χ2v) is 5.48. The maximum atomic E-state index is 12.1. The van der Waals surface area contributed by atoms with Gasteiger partial charge < -0.3 is 5.32 Å². The fourth-order valence-corrected chi connectivity index (χ4v) is 2.78. The smallest absolute Gasteiger partial charge is 0.139 e. The van der Waals surface area contributed by atoms with E-state index >= 15 is 0 Å².